The summed E-state index contributed by atoms with van der Waals surface area (Å²) < 4.78 is 5.23. The molecule has 1 heterocycles. The molecule has 1 aliphatic rings. The zero-order valence-corrected chi connectivity index (χ0v) is 18.3. The summed E-state index contributed by atoms with van der Waals surface area (Å²) in [7, 11) is 1.56. The van der Waals surface area contributed by atoms with Gasteiger partial charge in [0, 0.05) is 25.4 Å². The zero-order chi connectivity index (χ0) is 22.8. The van der Waals surface area contributed by atoms with Gasteiger partial charge in [-0.1, -0.05) is 42.5 Å². The maximum atomic E-state index is 12.5. The summed E-state index contributed by atoms with van der Waals surface area (Å²) in [5.74, 6) is -0.0710. The molecule has 8 nitrogen and oxygen atoms in total. The van der Waals surface area contributed by atoms with Crippen molar-refractivity contribution in [1.82, 2.24) is 15.8 Å². The summed E-state index contributed by atoms with van der Waals surface area (Å²) >= 11 is 0. The molecular weight excluding hydrogens is 408 g/mol. The highest BCUT2D eigenvalue weighted by Crippen LogP contribution is 2.22. The summed E-state index contributed by atoms with van der Waals surface area (Å²) in [6.45, 7) is 1.10. The Kier molecular flexibility index (Phi) is 8.48. The van der Waals surface area contributed by atoms with Crippen molar-refractivity contribution in [2.24, 2.45) is 5.92 Å². The van der Waals surface area contributed by atoms with Crippen molar-refractivity contribution in [1.29, 1.82) is 0 Å². The van der Waals surface area contributed by atoms with Gasteiger partial charge in [0.1, 0.15) is 5.75 Å². The molecule has 32 heavy (non-hydrogen) atoms. The maximum Gasteiger partial charge on any atom is 0.257 e. The van der Waals surface area contributed by atoms with Gasteiger partial charge >= 0.3 is 0 Å². The van der Waals surface area contributed by atoms with Crippen molar-refractivity contribution in [3.63, 3.8) is 0 Å². The van der Waals surface area contributed by atoms with E-state index in [1.165, 1.54) is 0 Å². The SMILES string of the molecule is COc1ccccc1NCC(=O)NNC(=O)C1CCN(C(=O)CCc2ccccc2)CC1. The first kappa shape index (κ1) is 23.1. The lowest BCUT2D eigenvalue weighted by Crippen LogP contribution is -2.49. The predicted octanol–water partition coefficient (Wildman–Crippen LogP) is 2.13. The number of amides is 3. The van der Waals surface area contributed by atoms with Crippen LogP contribution >= 0.6 is 0 Å². The monoisotopic (exact) mass is 438 g/mol. The molecule has 8 heteroatoms. The van der Waals surface area contributed by atoms with Crippen LogP contribution in [0.1, 0.15) is 24.8 Å². The van der Waals surface area contributed by atoms with Gasteiger partial charge in [-0.2, -0.15) is 0 Å². The Morgan fingerprint density at radius 2 is 1.66 bits per heavy atom. The Balaban J connectivity index is 1.34. The van der Waals surface area contributed by atoms with Crippen molar-refractivity contribution >= 4 is 23.4 Å². The molecule has 3 N–H and O–H groups in total. The summed E-state index contributed by atoms with van der Waals surface area (Å²) in [5, 5.41) is 2.98. The van der Waals surface area contributed by atoms with Crippen LogP contribution in [0.15, 0.2) is 54.6 Å². The lowest BCUT2D eigenvalue weighted by Gasteiger charge is -2.31. The van der Waals surface area contributed by atoms with Crippen LogP contribution in [0, 0.1) is 5.92 Å². The van der Waals surface area contributed by atoms with Crippen LogP contribution in [0.5, 0.6) is 5.75 Å². The Labute approximate surface area is 188 Å². The van der Waals surface area contributed by atoms with Gasteiger partial charge in [0.05, 0.1) is 19.3 Å². The third-order valence-corrected chi connectivity index (χ3v) is 5.56. The number of carbonyl (C=O) groups excluding carboxylic acids is 3. The summed E-state index contributed by atoms with van der Waals surface area (Å²) in [5.41, 5.74) is 6.77. The fourth-order valence-corrected chi connectivity index (χ4v) is 3.69. The number of hydrazine groups is 1. The number of benzene rings is 2. The number of hydrogen-bond acceptors (Lipinski definition) is 5. The van der Waals surface area contributed by atoms with E-state index in [1.807, 2.05) is 47.4 Å². The number of ether oxygens (including phenoxy) is 1. The minimum absolute atomic E-state index is 0.00495. The largest absolute Gasteiger partial charge is 0.495 e. The molecule has 0 unspecified atom stereocenters. The number of likely N-dealkylation sites (tertiary alicyclic amines) is 1. The molecule has 0 saturated carbocycles. The third-order valence-electron chi connectivity index (χ3n) is 5.56. The number of rotatable bonds is 8. The normalized spacial score (nSPS) is 13.8. The van der Waals surface area contributed by atoms with E-state index in [1.54, 1.807) is 19.2 Å². The third kappa shape index (κ3) is 6.73. The Morgan fingerprint density at radius 3 is 2.38 bits per heavy atom. The van der Waals surface area contributed by atoms with Crippen molar-refractivity contribution < 1.29 is 19.1 Å². The molecule has 3 rings (SSSR count). The molecule has 1 aliphatic heterocycles. The molecule has 3 amide bonds. The number of methoxy groups -OCH3 is 1. The van der Waals surface area contributed by atoms with Gasteiger partial charge in [-0.05, 0) is 37.0 Å². The van der Waals surface area contributed by atoms with Gasteiger partial charge in [-0.25, -0.2) is 0 Å². The van der Waals surface area contributed by atoms with Gasteiger partial charge in [0.2, 0.25) is 11.8 Å². The molecule has 2 aromatic rings. The Bertz CT molecular complexity index is 911. The van der Waals surface area contributed by atoms with Gasteiger partial charge in [0.25, 0.3) is 5.91 Å². The Morgan fingerprint density at radius 1 is 0.969 bits per heavy atom. The van der Waals surface area contributed by atoms with Crippen LogP contribution in [0.2, 0.25) is 0 Å². The molecule has 1 fully saturated rings. The second-order valence-electron chi connectivity index (χ2n) is 7.73. The topological polar surface area (TPSA) is 99.8 Å². The maximum absolute atomic E-state index is 12.5. The lowest BCUT2D eigenvalue weighted by molar-refractivity contribution is -0.136. The number of anilines is 1. The average Bonchev–Trinajstić information content (AvgIpc) is 2.85. The van der Waals surface area contributed by atoms with Gasteiger partial charge in [-0.15, -0.1) is 0 Å². The van der Waals surface area contributed by atoms with Crippen LogP contribution in [0.4, 0.5) is 5.69 Å². The number of nitrogens with zero attached hydrogens (tertiary/aromatic N) is 1. The molecule has 0 spiro atoms. The van der Waals surface area contributed by atoms with Crippen LogP contribution in [0.25, 0.3) is 0 Å². The quantitative estimate of drug-likeness (QED) is 0.549. The second-order valence-corrected chi connectivity index (χ2v) is 7.73. The van der Waals surface area contributed by atoms with Crippen molar-refractivity contribution in [2.75, 3.05) is 32.1 Å². The molecule has 170 valence electrons. The number of para-hydroxylation sites is 2. The van der Waals surface area contributed by atoms with Gasteiger partial charge in [0.15, 0.2) is 0 Å². The minimum Gasteiger partial charge on any atom is -0.495 e. The average molecular weight is 439 g/mol. The van der Waals surface area contributed by atoms with Gasteiger partial charge < -0.3 is 15.0 Å². The van der Waals surface area contributed by atoms with Crippen molar-refractivity contribution in [3.05, 3.63) is 60.2 Å². The van der Waals surface area contributed by atoms with Crippen LogP contribution < -0.4 is 20.9 Å². The fraction of sp³-hybridized carbons (Fsp3) is 0.375. The molecule has 2 aromatic carbocycles. The summed E-state index contributed by atoms with van der Waals surface area (Å²) in [4.78, 5) is 38.7. The molecule has 0 aromatic heterocycles. The van der Waals surface area contributed by atoms with E-state index in [9.17, 15) is 14.4 Å². The first-order valence-corrected chi connectivity index (χ1v) is 10.8. The molecule has 0 aliphatic carbocycles. The second kappa shape index (κ2) is 11.7. The van der Waals surface area contributed by atoms with Crippen LogP contribution in [-0.2, 0) is 20.8 Å². The number of hydrogen-bond donors (Lipinski definition) is 3. The fourth-order valence-electron chi connectivity index (χ4n) is 3.69. The summed E-state index contributed by atoms with van der Waals surface area (Å²) in [6.07, 6.45) is 2.35. The highest BCUT2D eigenvalue weighted by Gasteiger charge is 2.27. The Hall–Kier alpha value is -3.55. The van der Waals surface area contributed by atoms with Gasteiger partial charge in [-0.3, -0.25) is 25.2 Å². The number of carbonyl (C=O) groups is 3. The minimum atomic E-state index is -0.363. The van der Waals surface area contributed by atoms with Crippen LogP contribution in [0.3, 0.4) is 0 Å². The van der Waals surface area contributed by atoms with Crippen molar-refractivity contribution in [3.8, 4) is 5.75 Å². The first-order chi connectivity index (χ1) is 15.6. The highest BCUT2D eigenvalue weighted by atomic mass is 16.5. The van der Waals surface area contributed by atoms with E-state index >= 15 is 0 Å². The van der Waals surface area contributed by atoms with E-state index in [0.29, 0.717) is 43.8 Å². The summed E-state index contributed by atoms with van der Waals surface area (Å²) in [6, 6.07) is 17.2. The molecule has 1 saturated heterocycles. The number of nitrogens with one attached hydrogen (secondary N) is 3. The van der Waals surface area contributed by atoms with E-state index in [0.717, 1.165) is 12.0 Å². The zero-order valence-electron chi connectivity index (χ0n) is 18.3. The highest BCUT2D eigenvalue weighted by molar-refractivity contribution is 5.86. The van der Waals surface area contributed by atoms with Crippen LogP contribution in [-0.4, -0.2) is 49.4 Å². The predicted molar refractivity (Wildman–Crippen MR) is 122 cm³/mol. The van der Waals surface area contributed by atoms with E-state index in [-0.39, 0.29) is 30.2 Å². The van der Waals surface area contributed by atoms with E-state index in [2.05, 4.69) is 16.2 Å². The molecular formula is C24H30N4O4. The molecule has 0 atom stereocenters. The smallest absolute Gasteiger partial charge is 0.257 e. The molecule has 0 radical (unpaired) electrons. The molecule has 0 bridgehead atoms. The number of piperidine rings is 1. The lowest BCUT2D eigenvalue weighted by atomic mass is 9.95. The number of aryl methyl sites for hydroxylation is 1. The van der Waals surface area contributed by atoms with E-state index in [4.69, 9.17) is 4.74 Å². The standard InChI is InChI=1S/C24H30N4O4/c1-32-21-10-6-5-9-20(21)25-17-22(29)26-27-24(31)19-13-15-28(16-14-19)23(30)12-11-18-7-3-2-4-8-18/h2-10,19,25H,11-17H2,1H3,(H,26,29)(H,27,31). The first-order valence-electron chi connectivity index (χ1n) is 10.8. The van der Waals surface area contributed by atoms with Crippen molar-refractivity contribution in [2.45, 2.75) is 25.7 Å². The van der Waals surface area contributed by atoms with E-state index < -0.39 is 0 Å².